The van der Waals surface area contributed by atoms with Crippen molar-refractivity contribution in [2.75, 3.05) is 0 Å². The topological polar surface area (TPSA) is 44.8 Å². The van der Waals surface area contributed by atoms with Crippen molar-refractivity contribution in [3.8, 4) is 11.5 Å². The molecular weight excluding hydrogens is 438 g/mol. The van der Waals surface area contributed by atoms with Crippen LogP contribution in [0.1, 0.15) is 34.0 Å². The fraction of sp³-hybridized carbons (Fsp3) is 0.107. The van der Waals surface area contributed by atoms with Crippen molar-refractivity contribution in [3.05, 3.63) is 113 Å². The molecule has 1 aliphatic rings. The Labute approximate surface area is 195 Å². The highest BCUT2D eigenvalue weighted by molar-refractivity contribution is 6.05. The van der Waals surface area contributed by atoms with E-state index in [1.165, 1.54) is 6.92 Å². The predicted molar refractivity (Wildman–Crippen MR) is 125 cm³/mol. The molecule has 0 aliphatic carbocycles. The summed E-state index contributed by atoms with van der Waals surface area (Å²) in [6.07, 6.45) is 1.75. The van der Waals surface area contributed by atoms with E-state index in [1.54, 1.807) is 12.1 Å². The monoisotopic (exact) mass is 458 g/mol. The maximum absolute atomic E-state index is 13.9. The van der Waals surface area contributed by atoms with Crippen LogP contribution in [0.5, 0.6) is 11.5 Å². The Hall–Kier alpha value is -4.19. The fourth-order valence-electron chi connectivity index (χ4n) is 4.01. The Morgan fingerprint density at radius 2 is 1.68 bits per heavy atom. The number of hydrogen-bond acceptors (Lipinski definition) is 4. The van der Waals surface area contributed by atoms with Crippen molar-refractivity contribution in [3.63, 3.8) is 0 Å². The van der Waals surface area contributed by atoms with Crippen molar-refractivity contribution in [2.24, 2.45) is 0 Å². The van der Waals surface area contributed by atoms with Gasteiger partial charge < -0.3 is 14.2 Å². The van der Waals surface area contributed by atoms with Crippen LogP contribution in [0.2, 0.25) is 0 Å². The average Bonchev–Trinajstić information content (AvgIpc) is 2.81. The summed E-state index contributed by atoms with van der Waals surface area (Å²) in [7, 11) is 0. The van der Waals surface area contributed by atoms with Gasteiger partial charge in [-0.05, 0) is 34.7 Å². The lowest BCUT2D eigenvalue weighted by molar-refractivity contribution is -0.148. The van der Waals surface area contributed by atoms with Crippen molar-refractivity contribution in [1.29, 1.82) is 0 Å². The van der Waals surface area contributed by atoms with E-state index in [4.69, 9.17) is 14.2 Å². The molecule has 0 bridgehead atoms. The van der Waals surface area contributed by atoms with Crippen molar-refractivity contribution in [1.82, 2.24) is 0 Å². The molecule has 170 valence electrons. The zero-order chi connectivity index (χ0) is 23.9. The molecule has 0 aromatic heterocycles. The molecule has 0 spiro atoms. The zero-order valence-corrected chi connectivity index (χ0v) is 18.3. The quantitative estimate of drug-likeness (QED) is 0.310. The molecule has 4 aromatic carbocycles. The van der Waals surface area contributed by atoms with E-state index in [2.05, 4.69) is 6.58 Å². The van der Waals surface area contributed by atoms with E-state index < -0.39 is 23.4 Å². The smallest absolute Gasteiger partial charge is 0.349 e. The van der Waals surface area contributed by atoms with Crippen molar-refractivity contribution < 1.29 is 27.8 Å². The van der Waals surface area contributed by atoms with Crippen LogP contribution in [0.25, 0.3) is 16.8 Å². The first-order valence-corrected chi connectivity index (χ1v) is 10.6. The van der Waals surface area contributed by atoms with Crippen LogP contribution >= 0.6 is 0 Å². The van der Waals surface area contributed by atoms with E-state index in [0.717, 1.165) is 34.7 Å². The molecule has 1 heterocycles. The lowest BCUT2D eigenvalue weighted by Gasteiger charge is -2.36. The van der Waals surface area contributed by atoms with Gasteiger partial charge in [0.05, 0.1) is 0 Å². The number of carbonyl (C=O) groups is 1. The van der Waals surface area contributed by atoms with Gasteiger partial charge in [-0.15, -0.1) is 0 Å². The zero-order valence-electron chi connectivity index (χ0n) is 18.3. The van der Waals surface area contributed by atoms with Gasteiger partial charge in [0.1, 0.15) is 35.3 Å². The Kier molecular flexibility index (Phi) is 5.28. The van der Waals surface area contributed by atoms with Crippen molar-refractivity contribution in [2.45, 2.75) is 19.3 Å². The first-order chi connectivity index (χ1) is 16.4. The Morgan fingerprint density at radius 1 is 0.971 bits per heavy atom. The lowest BCUT2D eigenvalue weighted by atomic mass is 10.0. The molecule has 1 atom stereocenters. The Bertz CT molecular complexity index is 1410. The standard InChI is InChI=1S/C28H20F2O4/c1-3-17-8-10-18(11-9-17)16-32-26-23-7-5-4-6-19(23)12-24-25(26)27(31)34-28(2,33-24)20-13-21(29)15-22(30)14-20/h3-15H,1,16H2,2H3. The van der Waals surface area contributed by atoms with Gasteiger partial charge in [-0.3, -0.25) is 0 Å². The van der Waals surface area contributed by atoms with E-state index in [-0.39, 0.29) is 23.5 Å². The Balaban J connectivity index is 1.57. The summed E-state index contributed by atoms with van der Waals surface area (Å²) in [6, 6.07) is 19.7. The minimum absolute atomic E-state index is 0.0435. The van der Waals surface area contributed by atoms with Gasteiger partial charge in [0.15, 0.2) is 0 Å². The molecule has 0 N–H and O–H groups in total. The van der Waals surface area contributed by atoms with Gasteiger partial charge in [0.25, 0.3) is 5.79 Å². The van der Waals surface area contributed by atoms with Gasteiger partial charge in [-0.2, -0.15) is 0 Å². The molecule has 5 rings (SSSR count). The molecule has 0 saturated carbocycles. The fourth-order valence-corrected chi connectivity index (χ4v) is 4.01. The van der Waals surface area contributed by atoms with E-state index in [1.807, 2.05) is 48.5 Å². The Morgan fingerprint density at radius 3 is 2.38 bits per heavy atom. The third kappa shape index (κ3) is 3.88. The van der Waals surface area contributed by atoms with Crippen LogP contribution in [0.15, 0.2) is 79.4 Å². The first kappa shape index (κ1) is 21.6. The maximum atomic E-state index is 13.9. The molecule has 0 amide bonds. The van der Waals surface area contributed by atoms with Crippen LogP contribution in [-0.4, -0.2) is 5.97 Å². The summed E-state index contributed by atoms with van der Waals surface area (Å²) in [4.78, 5) is 13.2. The second kappa shape index (κ2) is 8.30. The van der Waals surface area contributed by atoms with Gasteiger partial charge in [-0.1, -0.05) is 61.2 Å². The molecule has 1 aliphatic heterocycles. The van der Waals surface area contributed by atoms with Gasteiger partial charge >= 0.3 is 5.97 Å². The molecule has 0 fully saturated rings. The second-order valence-corrected chi connectivity index (χ2v) is 8.13. The van der Waals surface area contributed by atoms with E-state index in [0.29, 0.717) is 11.1 Å². The van der Waals surface area contributed by atoms with Crippen LogP contribution in [0, 0.1) is 11.6 Å². The number of carbonyl (C=O) groups excluding carboxylic acids is 1. The molecule has 6 heteroatoms. The van der Waals surface area contributed by atoms with Gasteiger partial charge in [0, 0.05) is 23.9 Å². The van der Waals surface area contributed by atoms with Crippen LogP contribution in [0.4, 0.5) is 8.78 Å². The summed E-state index contributed by atoms with van der Waals surface area (Å²) in [5.74, 6) is -3.50. The summed E-state index contributed by atoms with van der Waals surface area (Å²) in [6.45, 7) is 5.40. The van der Waals surface area contributed by atoms with Gasteiger partial charge in [0.2, 0.25) is 0 Å². The highest BCUT2D eigenvalue weighted by Crippen LogP contribution is 2.45. The average molecular weight is 458 g/mol. The minimum Gasteiger partial charge on any atom is -0.487 e. The third-order valence-electron chi connectivity index (χ3n) is 5.75. The van der Waals surface area contributed by atoms with E-state index >= 15 is 0 Å². The maximum Gasteiger partial charge on any atom is 0.349 e. The number of fused-ring (bicyclic) bond motifs is 2. The molecule has 4 nitrogen and oxygen atoms in total. The van der Waals surface area contributed by atoms with Crippen LogP contribution < -0.4 is 9.47 Å². The minimum atomic E-state index is -1.72. The highest BCUT2D eigenvalue weighted by atomic mass is 19.1. The second-order valence-electron chi connectivity index (χ2n) is 8.13. The summed E-state index contributed by atoms with van der Waals surface area (Å²) in [5.41, 5.74) is 2.05. The van der Waals surface area contributed by atoms with E-state index in [9.17, 15) is 13.6 Å². The summed E-state index contributed by atoms with van der Waals surface area (Å²) in [5, 5.41) is 1.49. The lowest BCUT2D eigenvalue weighted by Crippen LogP contribution is -2.39. The predicted octanol–water partition coefficient (Wildman–Crippen LogP) is 6.76. The summed E-state index contributed by atoms with van der Waals surface area (Å²) < 4.78 is 45.5. The highest BCUT2D eigenvalue weighted by Gasteiger charge is 2.42. The number of halogens is 2. The first-order valence-electron chi connectivity index (χ1n) is 10.6. The summed E-state index contributed by atoms with van der Waals surface area (Å²) >= 11 is 0. The SMILES string of the molecule is C=Cc1ccc(COc2c3c(cc4ccccc24)OC(C)(c2cc(F)cc(F)c2)OC3=O)cc1. The third-order valence-corrected chi connectivity index (χ3v) is 5.75. The van der Waals surface area contributed by atoms with Crippen molar-refractivity contribution >= 4 is 22.8 Å². The molecule has 1 unspecified atom stereocenters. The number of esters is 1. The number of benzene rings is 4. The van der Waals surface area contributed by atoms with Gasteiger partial charge in [-0.25, -0.2) is 13.6 Å². The number of ether oxygens (including phenoxy) is 3. The number of rotatable bonds is 5. The molecule has 4 aromatic rings. The largest absolute Gasteiger partial charge is 0.487 e. The number of hydrogen-bond donors (Lipinski definition) is 0. The molecular formula is C28H20F2O4. The van der Waals surface area contributed by atoms with Crippen LogP contribution in [0.3, 0.4) is 0 Å². The van der Waals surface area contributed by atoms with Crippen LogP contribution in [-0.2, 0) is 17.1 Å². The number of cyclic esters (lactones) is 1. The normalized spacial score (nSPS) is 17.0. The molecule has 0 radical (unpaired) electrons. The molecule has 0 saturated heterocycles. The molecule has 34 heavy (non-hydrogen) atoms.